The Hall–Kier alpha value is -3.05. The normalized spacial score (nSPS) is 10.8. The highest BCUT2D eigenvalue weighted by Crippen LogP contribution is 2.22. The molecule has 3 rings (SSSR count). The first-order valence-corrected chi connectivity index (χ1v) is 8.36. The molecule has 0 saturated heterocycles. The van der Waals surface area contributed by atoms with Gasteiger partial charge >= 0.3 is 0 Å². The Labute approximate surface area is 156 Å². The fourth-order valence-corrected chi connectivity index (χ4v) is 2.48. The van der Waals surface area contributed by atoms with Crippen LogP contribution in [0, 0.1) is 6.92 Å². The number of hydrazone groups is 1. The van der Waals surface area contributed by atoms with Gasteiger partial charge in [0, 0.05) is 10.6 Å². The van der Waals surface area contributed by atoms with E-state index in [-0.39, 0.29) is 12.5 Å². The molecule has 0 spiro atoms. The van der Waals surface area contributed by atoms with Gasteiger partial charge in [0.05, 0.1) is 11.8 Å². The Morgan fingerprint density at radius 1 is 1.15 bits per heavy atom. The third-order valence-electron chi connectivity index (χ3n) is 3.59. The molecule has 0 radical (unpaired) electrons. The summed E-state index contributed by atoms with van der Waals surface area (Å²) in [6.45, 7) is 2.10. The summed E-state index contributed by atoms with van der Waals surface area (Å²) >= 11 is 6.13. The Kier molecular flexibility index (Phi) is 5.71. The van der Waals surface area contributed by atoms with Gasteiger partial charge in [0.25, 0.3) is 5.91 Å². The van der Waals surface area contributed by atoms with Gasteiger partial charge in [-0.2, -0.15) is 5.10 Å². The van der Waals surface area contributed by atoms with Crippen molar-refractivity contribution in [2.24, 2.45) is 5.10 Å². The molecule has 26 heavy (non-hydrogen) atoms. The summed E-state index contributed by atoms with van der Waals surface area (Å²) in [5, 5.41) is 4.53. The second-order valence-corrected chi connectivity index (χ2v) is 5.93. The molecule has 0 atom stereocenters. The number of nitrogens with one attached hydrogen (secondary N) is 1. The van der Waals surface area contributed by atoms with Gasteiger partial charge in [-0.25, -0.2) is 5.43 Å². The van der Waals surface area contributed by atoms with Gasteiger partial charge < -0.3 is 9.15 Å². The van der Waals surface area contributed by atoms with Crippen molar-refractivity contribution in [1.82, 2.24) is 5.43 Å². The maximum Gasteiger partial charge on any atom is 0.275 e. The Balaban J connectivity index is 1.67. The third-order valence-corrected chi connectivity index (χ3v) is 3.96. The van der Waals surface area contributed by atoms with Crippen LogP contribution in [-0.2, 0) is 6.61 Å². The molecule has 0 saturated carbocycles. The first kappa shape index (κ1) is 17.8. The lowest BCUT2D eigenvalue weighted by atomic mass is 10.2. The van der Waals surface area contributed by atoms with E-state index in [0.29, 0.717) is 22.1 Å². The van der Waals surface area contributed by atoms with Crippen molar-refractivity contribution in [2.45, 2.75) is 13.5 Å². The lowest BCUT2D eigenvalue weighted by Gasteiger charge is -2.11. The first-order valence-electron chi connectivity index (χ1n) is 7.98. The number of rotatable bonds is 6. The summed E-state index contributed by atoms with van der Waals surface area (Å²) in [5.74, 6) is 1.41. The summed E-state index contributed by atoms with van der Waals surface area (Å²) in [7, 11) is 0. The van der Waals surface area contributed by atoms with Gasteiger partial charge in [-0.3, -0.25) is 4.79 Å². The lowest BCUT2D eigenvalue weighted by molar-refractivity contribution is 0.0950. The van der Waals surface area contributed by atoms with Crippen LogP contribution in [0.3, 0.4) is 0 Å². The summed E-state index contributed by atoms with van der Waals surface area (Å²) < 4.78 is 11.1. The molecular weight excluding hydrogens is 352 g/mol. The van der Waals surface area contributed by atoms with Gasteiger partial charge in [-0.15, -0.1) is 0 Å². The SMILES string of the molecule is Cc1ccc(/C=N/NC(=O)c2ccccc2OCc2ccccc2Cl)o1. The molecule has 2 aromatic carbocycles. The molecule has 0 aliphatic carbocycles. The van der Waals surface area contributed by atoms with Crippen LogP contribution in [0.15, 0.2) is 70.2 Å². The minimum atomic E-state index is -0.376. The molecule has 1 aromatic heterocycles. The highest BCUT2D eigenvalue weighted by molar-refractivity contribution is 6.31. The molecule has 5 nitrogen and oxygen atoms in total. The lowest BCUT2D eigenvalue weighted by Crippen LogP contribution is -2.18. The summed E-state index contributed by atoms with van der Waals surface area (Å²) in [6.07, 6.45) is 1.44. The number of aryl methyl sites for hydroxylation is 1. The Morgan fingerprint density at radius 2 is 1.92 bits per heavy atom. The molecular formula is C20H17ClN2O3. The van der Waals surface area contributed by atoms with E-state index in [1.807, 2.05) is 31.2 Å². The van der Waals surface area contributed by atoms with E-state index in [4.69, 9.17) is 20.8 Å². The van der Waals surface area contributed by atoms with Crippen LogP contribution in [0.1, 0.15) is 27.4 Å². The number of hydrogen-bond acceptors (Lipinski definition) is 4. The van der Waals surface area contributed by atoms with Crippen LogP contribution >= 0.6 is 11.6 Å². The topological polar surface area (TPSA) is 63.8 Å². The van der Waals surface area contributed by atoms with E-state index >= 15 is 0 Å². The fourth-order valence-electron chi connectivity index (χ4n) is 2.29. The van der Waals surface area contributed by atoms with Crippen LogP contribution in [-0.4, -0.2) is 12.1 Å². The molecule has 0 aliphatic rings. The largest absolute Gasteiger partial charge is 0.488 e. The summed E-state index contributed by atoms with van der Waals surface area (Å²) in [4.78, 5) is 12.4. The molecule has 0 bridgehead atoms. The summed E-state index contributed by atoms with van der Waals surface area (Å²) in [5.41, 5.74) is 3.70. The van der Waals surface area contributed by atoms with Gasteiger partial charge in [-0.1, -0.05) is 41.9 Å². The number of carbonyl (C=O) groups excluding carboxylic acids is 1. The van der Waals surface area contributed by atoms with Crippen LogP contribution < -0.4 is 10.2 Å². The third kappa shape index (κ3) is 4.52. The molecule has 0 fully saturated rings. The molecule has 1 N–H and O–H groups in total. The number of carbonyl (C=O) groups is 1. The van der Waals surface area contributed by atoms with Crippen LogP contribution in [0.5, 0.6) is 5.75 Å². The minimum absolute atomic E-state index is 0.263. The maximum absolute atomic E-state index is 12.4. The number of amides is 1. The summed E-state index contributed by atoms with van der Waals surface area (Å²) in [6, 6.07) is 18.0. The van der Waals surface area contributed by atoms with E-state index in [1.54, 1.807) is 36.4 Å². The number of benzene rings is 2. The number of nitrogens with zero attached hydrogens (tertiary/aromatic N) is 1. The molecule has 3 aromatic rings. The standard InChI is InChI=1S/C20H17ClN2O3/c1-14-10-11-16(26-14)12-22-23-20(24)17-7-3-5-9-19(17)25-13-15-6-2-4-8-18(15)21/h2-12H,13H2,1H3,(H,23,24)/b22-12+. The van der Waals surface area contributed by atoms with Crippen LogP contribution in [0.4, 0.5) is 0 Å². The first-order chi connectivity index (χ1) is 12.6. The van der Waals surface area contributed by atoms with E-state index in [9.17, 15) is 4.79 Å². The molecule has 0 aliphatic heterocycles. The highest BCUT2D eigenvalue weighted by Gasteiger charge is 2.12. The van der Waals surface area contributed by atoms with Crippen molar-refractivity contribution in [2.75, 3.05) is 0 Å². The fraction of sp³-hybridized carbons (Fsp3) is 0.100. The van der Waals surface area contributed by atoms with Crippen molar-refractivity contribution in [3.05, 3.63) is 88.3 Å². The molecule has 1 heterocycles. The number of furan rings is 1. The molecule has 6 heteroatoms. The average molecular weight is 369 g/mol. The number of para-hydroxylation sites is 1. The average Bonchev–Trinajstić information content (AvgIpc) is 3.06. The molecule has 132 valence electrons. The Bertz CT molecular complexity index is 934. The Morgan fingerprint density at radius 3 is 2.69 bits per heavy atom. The van der Waals surface area contributed by atoms with Crippen molar-refractivity contribution in [3.63, 3.8) is 0 Å². The van der Waals surface area contributed by atoms with Crippen molar-refractivity contribution < 1.29 is 13.9 Å². The van der Waals surface area contributed by atoms with E-state index in [1.165, 1.54) is 6.21 Å². The van der Waals surface area contributed by atoms with E-state index < -0.39 is 0 Å². The number of hydrogen-bond donors (Lipinski definition) is 1. The van der Waals surface area contributed by atoms with Crippen molar-refractivity contribution >= 4 is 23.7 Å². The second-order valence-electron chi connectivity index (χ2n) is 5.52. The van der Waals surface area contributed by atoms with E-state index in [0.717, 1.165) is 11.3 Å². The zero-order valence-corrected chi connectivity index (χ0v) is 14.9. The predicted molar refractivity (Wildman–Crippen MR) is 101 cm³/mol. The monoisotopic (exact) mass is 368 g/mol. The smallest absolute Gasteiger partial charge is 0.275 e. The maximum atomic E-state index is 12.4. The number of ether oxygens (including phenoxy) is 1. The predicted octanol–water partition coefficient (Wildman–Crippen LogP) is 4.58. The van der Waals surface area contributed by atoms with E-state index in [2.05, 4.69) is 10.5 Å². The van der Waals surface area contributed by atoms with Gasteiger partial charge in [0.1, 0.15) is 23.9 Å². The molecule has 0 unspecified atom stereocenters. The highest BCUT2D eigenvalue weighted by atomic mass is 35.5. The van der Waals surface area contributed by atoms with Gasteiger partial charge in [-0.05, 0) is 37.3 Å². The van der Waals surface area contributed by atoms with Gasteiger partial charge in [0.15, 0.2) is 0 Å². The van der Waals surface area contributed by atoms with Gasteiger partial charge in [0.2, 0.25) is 0 Å². The zero-order chi connectivity index (χ0) is 18.4. The molecule has 1 amide bonds. The quantitative estimate of drug-likeness (QED) is 0.511. The number of halogens is 1. The minimum Gasteiger partial charge on any atom is -0.488 e. The van der Waals surface area contributed by atoms with Crippen molar-refractivity contribution in [3.8, 4) is 5.75 Å². The van der Waals surface area contributed by atoms with Crippen LogP contribution in [0.25, 0.3) is 0 Å². The zero-order valence-electron chi connectivity index (χ0n) is 14.1. The van der Waals surface area contributed by atoms with Crippen LogP contribution in [0.2, 0.25) is 5.02 Å². The van der Waals surface area contributed by atoms with Crippen molar-refractivity contribution in [1.29, 1.82) is 0 Å². The second kappa shape index (κ2) is 8.36.